The summed E-state index contributed by atoms with van der Waals surface area (Å²) in [6, 6.07) is 5.03. The normalized spacial score (nSPS) is 14.0. The second kappa shape index (κ2) is 6.72. The van der Waals surface area contributed by atoms with Crippen LogP contribution in [0.25, 0.3) is 0 Å². The fourth-order valence-electron chi connectivity index (χ4n) is 2.20. The van der Waals surface area contributed by atoms with Gasteiger partial charge in [-0.2, -0.15) is 0 Å². The third kappa shape index (κ3) is 3.42. The molecule has 0 N–H and O–H groups in total. The molecule has 1 aliphatic rings. The smallest absolute Gasteiger partial charge is 0.299 e. The first-order valence-electron chi connectivity index (χ1n) is 7.16. The number of anilines is 1. The summed E-state index contributed by atoms with van der Waals surface area (Å²) in [5.74, 6) is 0.257. The van der Waals surface area contributed by atoms with Gasteiger partial charge in [-0.15, -0.1) is 0 Å². The van der Waals surface area contributed by atoms with Crippen molar-refractivity contribution in [2.45, 2.75) is 20.3 Å². The molecule has 1 aromatic carbocycles. The lowest BCUT2D eigenvalue weighted by atomic mass is 10.1. The maximum Gasteiger partial charge on any atom is 0.299 e. The van der Waals surface area contributed by atoms with Gasteiger partial charge in [0.2, 0.25) is 0 Å². The second-order valence-electron chi connectivity index (χ2n) is 5.46. The number of benzene rings is 1. The second-order valence-corrected chi connectivity index (χ2v) is 5.46. The molecule has 0 radical (unpaired) electrons. The molecule has 0 saturated carbocycles. The monoisotopic (exact) mass is 291 g/mol. The van der Waals surface area contributed by atoms with Crippen LogP contribution in [0.3, 0.4) is 0 Å². The number of fused-ring (bicyclic) bond motifs is 1. The van der Waals surface area contributed by atoms with Crippen molar-refractivity contribution in [1.29, 1.82) is 0 Å². The lowest BCUT2D eigenvalue weighted by molar-refractivity contribution is -0.114. The summed E-state index contributed by atoms with van der Waals surface area (Å²) in [6.07, 6.45) is 0.983. The quantitative estimate of drug-likeness (QED) is 0.571. The van der Waals surface area contributed by atoms with E-state index in [1.807, 2.05) is 0 Å². The molecule has 0 fully saturated rings. The zero-order valence-corrected chi connectivity index (χ0v) is 12.7. The maximum absolute atomic E-state index is 12.0. The Morgan fingerprint density at radius 2 is 1.95 bits per heavy atom. The van der Waals surface area contributed by atoms with E-state index in [4.69, 9.17) is 9.47 Å². The van der Waals surface area contributed by atoms with Crippen LogP contribution in [0.15, 0.2) is 18.2 Å². The van der Waals surface area contributed by atoms with Crippen LogP contribution in [0.2, 0.25) is 0 Å². The minimum atomic E-state index is -0.495. The molecule has 1 amide bonds. The van der Waals surface area contributed by atoms with E-state index in [1.54, 1.807) is 25.3 Å². The van der Waals surface area contributed by atoms with Gasteiger partial charge in [-0.1, -0.05) is 13.8 Å². The molecule has 1 aliphatic heterocycles. The highest BCUT2D eigenvalue weighted by Crippen LogP contribution is 2.32. The lowest BCUT2D eigenvalue weighted by Crippen LogP contribution is -2.33. The number of amides is 1. The third-order valence-corrected chi connectivity index (χ3v) is 3.48. The molecule has 0 bridgehead atoms. The fourth-order valence-corrected chi connectivity index (χ4v) is 2.20. The van der Waals surface area contributed by atoms with Gasteiger partial charge in [0.15, 0.2) is 0 Å². The van der Waals surface area contributed by atoms with Gasteiger partial charge in [-0.05, 0) is 24.5 Å². The van der Waals surface area contributed by atoms with Crippen molar-refractivity contribution in [3.05, 3.63) is 23.8 Å². The van der Waals surface area contributed by atoms with E-state index in [1.165, 1.54) is 4.90 Å². The minimum Gasteiger partial charge on any atom is -0.497 e. The largest absolute Gasteiger partial charge is 0.497 e. The summed E-state index contributed by atoms with van der Waals surface area (Å²) in [5.41, 5.74) is 1.04. The number of ether oxygens (including phenoxy) is 2. The van der Waals surface area contributed by atoms with Gasteiger partial charge >= 0.3 is 0 Å². The molecular formula is C16H21NO4. The molecule has 0 saturated heterocycles. The first-order valence-corrected chi connectivity index (χ1v) is 7.16. The highest BCUT2D eigenvalue weighted by Gasteiger charge is 2.35. The van der Waals surface area contributed by atoms with Crippen molar-refractivity contribution in [3.8, 4) is 5.75 Å². The van der Waals surface area contributed by atoms with Crippen LogP contribution in [-0.4, -0.2) is 38.6 Å². The van der Waals surface area contributed by atoms with Crippen molar-refractivity contribution in [3.63, 3.8) is 0 Å². The molecule has 0 unspecified atom stereocenters. The van der Waals surface area contributed by atoms with Gasteiger partial charge in [0.1, 0.15) is 5.75 Å². The number of rotatable bonds is 7. The Hall–Kier alpha value is -1.88. The van der Waals surface area contributed by atoms with Crippen LogP contribution in [0, 0.1) is 5.92 Å². The lowest BCUT2D eigenvalue weighted by Gasteiger charge is -2.17. The van der Waals surface area contributed by atoms with E-state index in [0.717, 1.165) is 6.42 Å². The SMILES string of the molecule is COc1ccc2c(c1)N(CCOCCC(C)C)C(=O)C2=O. The van der Waals surface area contributed by atoms with Crippen LogP contribution in [0.1, 0.15) is 30.6 Å². The predicted molar refractivity (Wildman–Crippen MR) is 80.0 cm³/mol. The number of Topliss-reactive ketones (excluding diaryl/α,β-unsaturated/α-hetero) is 1. The summed E-state index contributed by atoms with van der Waals surface area (Å²) in [4.78, 5) is 25.4. The van der Waals surface area contributed by atoms with Gasteiger partial charge in [-0.3, -0.25) is 9.59 Å². The van der Waals surface area contributed by atoms with Gasteiger partial charge in [0, 0.05) is 19.2 Å². The number of carbonyl (C=O) groups excluding carboxylic acids is 2. The van der Waals surface area contributed by atoms with Crippen molar-refractivity contribution < 1.29 is 19.1 Å². The van der Waals surface area contributed by atoms with E-state index in [0.29, 0.717) is 42.7 Å². The van der Waals surface area contributed by atoms with Crippen molar-refractivity contribution in [1.82, 2.24) is 0 Å². The number of methoxy groups -OCH3 is 1. The van der Waals surface area contributed by atoms with Gasteiger partial charge < -0.3 is 14.4 Å². The summed E-state index contributed by atoms with van der Waals surface area (Å²) in [7, 11) is 1.56. The molecule has 0 spiro atoms. The number of ketones is 1. The van der Waals surface area contributed by atoms with E-state index < -0.39 is 11.7 Å². The molecule has 1 aromatic rings. The zero-order chi connectivity index (χ0) is 15.4. The highest BCUT2D eigenvalue weighted by atomic mass is 16.5. The zero-order valence-electron chi connectivity index (χ0n) is 12.7. The van der Waals surface area contributed by atoms with E-state index in [2.05, 4.69) is 13.8 Å². The third-order valence-electron chi connectivity index (χ3n) is 3.48. The van der Waals surface area contributed by atoms with Gasteiger partial charge in [-0.25, -0.2) is 0 Å². The molecule has 2 rings (SSSR count). The Bertz CT molecular complexity index is 539. The Morgan fingerprint density at radius 1 is 1.19 bits per heavy atom. The predicted octanol–water partition coefficient (Wildman–Crippen LogP) is 2.29. The molecule has 114 valence electrons. The first kappa shape index (κ1) is 15.5. The summed E-state index contributed by atoms with van der Waals surface area (Å²) >= 11 is 0. The number of carbonyl (C=O) groups is 2. The van der Waals surface area contributed by atoms with E-state index >= 15 is 0 Å². The van der Waals surface area contributed by atoms with Crippen molar-refractivity contribution in [2.24, 2.45) is 5.92 Å². The summed E-state index contributed by atoms with van der Waals surface area (Å²) < 4.78 is 10.7. The van der Waals surface area contributed by atoms with Crippen LogP contribution >= 0.6 is 0 Å². The minimum absolute atomic E-state index is 0.378. The summed E-state index contributed by atoms with van der Waals surface area (Å²) in [5, 5.41) is 0. The Labute approximate surface area is 124 Å². The van der Waals surface area contributed by atoms with Crippen LogP contribution in [0.5, 0.6) is 5.75 Å². The number of nitrogens with zero attached hydrogens (tertiary/aromatic N) is 1. The van der Waals surface area contributed by atoms with Crippen molar-refractivity contribution in [2.75, 3.05) is 31.8 Å². The van der Waals surface area contributed by atoms with Gasteiger partial charge in [0.05, 0.1) is 25.0 Å². The average Bonchev–Trinajstić information content (AvgIpc) is 2.70. The molecule has 1 heterocycles. The molecule has 0 aromatic heterocycles. The maximum atomic E-state index is 12.0. The van der Waals surface area contributed by atoms with Crippen LogP contribution < -0.4 is 9.64 Å². The van der Waals surface area contributed by atoms with E-state index in [9.17, 15) is 9.59 Å². The Kier molecular flexibility index (Phi) is 4.96. The van der Waals surface area contributed by atoms with Gasteiger partial charge in [0.25, 0.3) is 11.7 Å². The van der Waals surface area contributed by atoms with Crippen LogP contribution in [0.4, 0.5) is 5.69 Å². The Morgan fingerprint density at radius 3 is 2.62 bits per heavy atom. The molecule has 5 heteroatoms. The summed E-state index contributed by atoms with van der Waals surface area (Å²) in [6.45, 7) is 5.73. The molecule has 0 atom stereocenters. The first-order chi connectivity index (χ1) is 10.0. The average molecular weight is 291 g/mol. The van der Waals surface area contributed by atoms with Crippen molar-refractivity contribution >= 4 is 17.4 Å². The molecule has 0 aliphatic carbocycles. The van der Waals surface area contributed by atoms with E-state index in [-0.39, 0.29) is 0 Å². The van der Waals surface area contributed by atoms with Crippen LogP contribution in [-0.2, 0) is 9.53 Å². The Balaban J connectivity index is 2.01. The fraction of sp³-hybridized carbons (Fsp3) is 0.500. The molecule has 21 heavy (non-hydrogen) atoms. The molecular weight excluding hydrogens is 270 g/mol. The topological polar surface area (TPSA) is 55.8 Å². The molecule has 5 nitrogen and oxygen atoms in total. The number of hydrogen-bond acceptors (Lipinski definition) is 4. The standard InChI is InChI=1S/C16H21NO4/c1-11(2)6-8-21-9-7-17-14-10-12(20-3)4-5-13(14)15(18)16(17)19/h4-5,10-11H,6-9H2,1-3H3. The highest BCUT2D eigenvalue weighted by molar-refractivity contribution is 6.52. The number of hydrogen-bond donors (Lipinski definition) is 0.